The van der Waals surface area contributed by atoms with Gasteiger partial charge in [0.1, 0.15) is 23.0 Å². The molecular weight excluding hydrogens is 1840 g/mol. The lowest BCUT2D eigenvalue weighted by Gasteiger charge is -2.27. The first-order valence-corrected chi connectivity index (χ1v) is 38.2. The summed E-state index contributed by atoms with van der Waals surface area (Å²) in [7, 11) is 0. The van der Waals surface area contributed by atoms with E-state index in [0.717, 1.165) is 49.6 Å². The molecule has 7 aromatic carbocycles. The quantitative estimate of drug-likeness (QED) is 0.0232. The van der Waals surface area contributed by atoms with Crippen LogP contribution < -0.4 is 36.9 Å². The molecule has 0 atom stereocenters. The van der Waals surface area contributed by atoms with E-state index in [1.54, 1.807) is 135 Å². The number of nitrogens with one attached hydrogen (secondary N) is 5. The number of aromatic nitrogens is 5. The minimum absolute atomic E-state index is 0.00438. The van der Waals surface area contributed by atoms with E-state index in [1.165, 1.54) is 55.3 Å². The van der Waals surface area contributed by atoms with E-state index in [2.05, 4.69) is 141 Å². The van der Waals surface area contributed by atoms with Gasteiger partial charge in [-0.15, -0.1) is 0 Å². The van der Waals surface area contributed by atoms with Gasteiger partial charge < -0.3 is 39.7 Å². The van der Waals surface area contributed by atoms with Gasteiger partial charge in [-0.2, -0.15) is 38.7 Å². The summed E-state index contributed by atoms with van der Waals surface area (Å²) in [5.41, 5.74) is 16.3. The highest BCUT2D eigenvalue weighted by Gasteiger charge is 2.31. The maximum absolute atomic E-state index is 14.0. The van der Waals surface area contributed by atoms with Crippen LogP contribution in [0.2, 0.25) is 10.0 Å². The van der Waals surface area contributed by atoms with E-state index in [9.17, 15) is 66.4 Å². The van der Waals surface area contributed by atoms with Crippen LogP contribution in [0.4, 0.5) is 33.6 Å². The Morgan fingerprint density at radius 3 is 1.16 bits per heavy atom. The maximum atomic E-state index is 14.0. The summed E-state index contributed by atoms with van der Waals surface area (Å²) in [6, 6.07) is 36.3. The molecular formula is C78H68Br4Cl2F5N17O11. The normalized spacial score (nSPS) is 12.7. The van der Waals surface area contributed by atoms with E-state index in [1.807, 2.05) is 6.07 Å². The zero-order valence-electron chi connectivity index (χ0n) is 61.7. The Labute approximate surface area is 708 Å². The highest BCUT2D eigenvalue weighted by Crippen LogP contribution is 2.32. The summed E-state index contributed by atoms with van der Waals surface area (Å²) in [6.07, 6.45) is 5.69. The molecule has 39 heteroatoms. The van der Waals surface area contributed by atoms with Crippen molar-refractivity contribution in [1.82, 2.24) is 52.0 Å². The number of morpholine rings is 2. The third-order valence-corrected chi connectivity index (χ3v) is 18.1. The number of carbonyl (C=O) groups excluding carboxylic acids is 5. The first kappa shape index (κ1) is 91.0. The van der Waals surface area contributed by atoms with Crippen molar-refractivity contribution in [3.63, 3.8) is 0 Å². The Hall–Kier alpha value is -11.6. The average Bonchev–Trinajstić information content (AvgIpc) is 0.847. The van der Waals surface area contributed by atoms with Gasteiger partial charge in [0.15, 0.2) is 23.3 Å². The van der Waals surface area contributed by atoms with Crippen LogP contribution in [0.5, 0.6) is 23.0 Å². The molecule has 0 bridgehead atoms. The lowest BCUT2D eigenvalue weighted by atomic mass is 10.1. The van der Waals surface area contributed by atoms with Crippen LogP contribution in [-0.4, -0.2) is 159 Å². The van der Waals surface area contributed by atoms with E-state index in [4.69, 9.17) is 32.7 Å². The number of hydrazone groups is 5. The fourth-order valence-corrected chi connectivity index (χ4v) is 12.9. The lowest BCUT2D eigenvalue weighted by Crippen LogP contribution is -2.38. The van der Waals surface area contributed by atoms with Crippen LogP contribution in [0.25, 0.3) is 0 Å². The Kier molecular flexibility index (Phi) is 34.6. The summed E-state index contributed by atoms with van der Waals surface area (Å²) in [4.78, 5) is 82.7. The van der Waals surface area contributed by atoms with Gasteiger partial charge in [0, 0.05) is 99.3 Å². The lowest BCUT2D eigenvalue weighted by molar-refractivity contribution is -0.137. The smallest absolute Gasteiger partial charge is 0.416 e. The monoisotopic (exact) mass is 1900 g/mol. The Bertz CT molecular complexity index is 5350. The van der Waals surface area contributed by atoms with Gasteiger partial charge in [-0.25, -0.2) is 55.8 Å². The van der Waals surface area contributed by atoms with Crippen LogP contribution in [0.1, 0.15) is 108 Å². The van der Waals surface area contributed by atoms with Crippen molar-refractivity contribution in [1.29, 1.82) is 0 Å². The van der Waals surface area contributed by atoms with Crippen LogP contribution in [0.3, 0.4) is 0 Å². The van der Waals surface area contributed by atoms with Crippen LogP contribution in [0.15, 0.2) is 202 Å². The second-order valence-electron chi connectivity index (χ2n) is 24.4. The largest absolute Gasteiger partial charge is 0.507 e. The summed E-state index contributed by atoms with van der Waals surface area (Å²) in [5, 5.41) is 59.4. The van der Waals surface area contributed by atoms with E-state index in [0.29, 0.717) is 123 Å². The summed E-state index contributed by atoms with van der Waals surface area (Å²) < 4.78 is 79.4. The van der Waals surface area contributed by atoms with E-state index >= 15 is 0 Å². The molecule has 117 heavy (non-hydrogen) atoms. The van der Waals surface area contributed by atoms with Crippen molar-refractivity contribution in [3.8, 4) is 23.0 Å². The number of hydrogen-bond donors (Lipinski definition) is 9. The first-order chi connectivity index (χ1) is 55.8. The number of alkyl halides is 3. The molecule has 10 aromatic rings. The Morgan fingerprint density at radius 1 is 0.436 bits per heavy atom. The van der Waals surface area contributed by atoms with Gasteiger partial charge in [-0.3, -0.25) is 29.0 Å². The molecule has 0 aliphatic carbocycles. The molecule has 5 amide bonds. The number of halogens is 11. The molecule has 12 rings (SSSR count). The van der Waals surface area contributed by atoms with Crippen molar-refractivity contribution in [2.24, 2.45) is 25.5 Å². The van der Waals surface area contributed by atoms with E-state index in [-0.39, 0.29) is 57.8 Å². The fraction of sp³-hybridized carbons (Fsp3) is 0.167. The highest BCUT2D eigenvalue weighted by molar-refractivity contribution is 9.11. The molecule has 0 radical (unpaired) electrons. The van der Waals surface area contributed by atoms with Crippen LogP contribution in [0, 0.1) is 39.3 Å². The van der Waals surface area contributed by atoms with Crippen LogP contribution >= 0.6 is 86.9 Å². The van der Waals surface area contributed by atoms with Crippen molar-refractivity contribution < 1.29 is 75.8 Å². The number of anilines is 2. The highest BCUT2D eigenvalue weighted by atomic mass is 79.9. The predicted octanol–water partition coefficient (Wildman–Crippen LogP) is 14.6. The molecule has 3 aromatic heterocycles. The van der Waals surface area contributed by atoms with Gasteiger partial charge in [0.2, 0.25) is 11.6 Å². The number of amides is 5. The van der Waals surface area contributed by atoms with Gasteiger partial charge in [-0.05, 0) is 159 Å². The minimum atomic E-state index is -4.53. The topological polar surface area (TPSA) is 378 Å². The molecule has 28 nitrogen and oxygen atoms in total. The fourth-order valence-electron chi connectivity index (χ4n) is 10.0. The SMILES string of the molecule is Cc1cc(Br)cc(C=NNC(=O)c2cc(Cl)cc(Cl)c2)c1O.Cc1cc(Br)cc(C=NNC(=O)c2cccc(C(F)(F)F)c2)c1O.Cc1cc(Br)cc(C=NNC(=O)c2ccccc2)c1O.Cc1cc(Br)cc(C=NNC(=O)c2ncc(F)c(N3CCOCC3)n2)c1O.O=C(NN=Cc1ccccn1)c1ncc(F)c(N2CCOCC2)n1. The maximum Gasteiger partial charge on any atom is 0.416 e. The van der Waals surface area contributed by atoms with Gasteiger partial charge in [-0.1, -0.05) is 117 Å². The molecule has 2 saturated heterocycles. The predicted molar refractivity (Wildman–Crippen MR) is 446 cm³/mol. The number of carbonyl (C=O) groups is 5. The Balaban J connectivity index is 0.000000183. The summed E-state index contributed by atoms with van der Waals surface area (Å²) in [5.74, 6) is -3.95. The molecule has 608 valence electrons. The Morgan fingerprint density at radius 2 is 0.786 bits per heavy atom. The number of ether oxygens (including phenoxy) is 2. The number of hydrogen-bond acceptors (Lipinski definition) is 23. The number of pyridine rings is 1. The molecule has 0 unspecified atom stereocenters. The molecule has 2 aliphatic heterocycles. The van der Waals surface area contributed by atoms with E-state index < -0.39 is 47.0 Å². The molecule has 0 saturated carbocycles. The molecule has 2 fully saturated rings. The molecule has 0 spiro atoms. The van der Waals surface area contributed by atoms with Gasteiger partial charge in [0.25, 0.3) is 17.7 Å². The third-order valence-electron chi connectivity index (χ3n) is 15.8. The average molecular weight is 1910 g/mol. The standard InChI is InChI=1S/C17H17BrFN5O3.C16H12BrF3N2O2.C15H11BrCl2N2O2.C15H13BrN2O2.C15H15FN6O2/c1-10-6-12(18)7-11(14(10)25)8-21-23-17(26)15-20-9-13(19)16(22-15)24-2-4-27-5-3-24;1-9-5-13(17)7-11(14(9)23)8-21-22-15(24)10-3-2-4-12(6-10)16(18,19)20;1-8-2-11(16)3-10(14(8)21)7-19-20-15(22)9-4-12(17)6-13(18)5-9;1-10-7-13(16)8-12(14(10)19)9-17-18-15(20)11-5-3-2-4-6-11;16-12-10-18-13(20-14(12)22-5-7-24-8-6-22)15(23)21-19-9-11-3-1-2-4-17-11/h6-9,25H,2-5H2,1H3,(H,23,26);2-8,23H,1H3,(H,22,24);2-7,21H,1H3,(H,20,22);2-9,19H,1H3,(H,18,20);1-4,9-10H,5-8H2,(H,21,23). The van der Waals surface area contributed by atoms with Gasteiger partial charge >= 0.3 is 18.0 Å². The van der Waals surface area contributed by atoms with Crippen molar-refractivity contribution >= 4 is 159 Å². The van der Waals surface area contributed by atoms with Crippen molar-refractivity contribution in [2.45, 2.75) is 33.9 Å². The first-order valence-electron chi connectivity index (χ1n) is 34.3. The van der Waals surface area contributed by atoms with Crippen molar-refractivity contribution in [2.75, 3.05) is 62.4 Å². The third kappa shape index (κ3) is 28.4. The van der Waals surface area contributed by atoms with Gasteiger partial charge in [0.05, 0.1) is 81.2 Å². The number of benzene rings is 7. The summed E-state index contributed by atoms with van der Waals surface area (Å²) in [6.45, 7) is 10.9. The zero-order chi connectivity index (χ0) is 84.9. The van der Waals surface area contributed by atoms with Crippen molar-refractivity contribution in [3.05, 3.63) is 282 Å². The zero-order valence-corrected chi connectivity index (χ0v) is 69.6. The number of rotatable bonds is 17. The second-order valence-corrected chi connectivity index (χ2v) is 29.0. The van der Waals surface area contributed by atoms with Crippen LogP contribution in [-0.2, 0) is 15.7 Å². The number of phenolic OH excluding ortho intramolecular Hbond substituents is 4. The minimum Gasteiger partial charge on any atom is -0.507 e. The number of nitrogens with zero attached hydrogens (tertiary/aromatic N) is 12. The molecule has 5 heterocycles. The second kappa shape index (κ2) is 44.5. The number of aryl methyl sites for hydroxylation is 4. The summed E-state index contributed by atoms with van der Waals surface area (Å²) >= 11 is 24.9. The molecule has 9 N–H and O–H groups in total. The number of aromatic hydroxyl groups is 4. The number of phenols is 4. The molecule has 2 aliphatic rings.